The molecule has 3 rings (SSSR count). The molecule has 25 heavy (non-hydrogen) atoms. The first-order valence-corrected chi connectivity index (χ1v) is 7.97. The molecule has 0 unspecified atom stereocenters. The Morgan fingerprint density at radius 2 is 2.04 bits per heavy atom. The van der Waals surface area contributed by atoms with Crippen molar-refractivity contribution in [2.24, 2.45) is 0 Å². The highest BCUT2D eigenvalue weighted by atomic mass is 35.5. The summed E-state index contributed by atoms with van der Waals surface area (Å²) in [6.07, 6.45) is 1.63. The molecular formula is C17H17ClN4O3. The average molecular weight is 361 g/mol. The number of hydrogen-bond acceptors (Lipinski definition) is 5. The summed E-state index contributed by atoms with van der Waals surface area (Å²) >= 11 is 6.20. The van der Waals surface area contributed by atoms with E-state index in [1.807, 2.05) is 30.3 Å². The SMILES string of the molecule is Cc1cc(NC(=O)C(C)(C)Oc2nn(-c3ccccc3)cc2Cl)no1. The quantitative estimate of drug-likeness (QED) is 0.751. The zero-order valence-corrected chi connectivity index (χ0v) is 14.7. The van der Waals surface area contributed by atoms with E-state index in [2.05, 4.69) is 15.6 Å². The summed E-state index contributed by atoms with van der Waals surface area (Å²) in [5.74, 6) is 0.687. The highest BCUT2D eigenvalue weighted by Crippen LogP contribution is 2.28. The molecule has 7 nitrogen and oxygen atoms in total. The molecule has 0 fully saturated rings. The minimum Gasteiger partial charge on any atom is -0.459 e. The van der Waals surface area contributed by atoms with Gasteiger partial charge in [0.15, 0.2) is 11.4 Å². The second-order valence-electron chi connectivity index (χ2n) is 5.95. The van der Waals surface area contributed by atoms with Crippen LogP contribution in [-0.2, 0) is 4.79 Å². The number of aromatic nitrogens is 3. The summed E-state index contributed by atoms with van der Waals surface area (Å²) in [6, 6.07) is 11.1. The fourth-order valence-corrected chi connectivity index (χ4v) is 2.27. The number of benzene rings is 1. The van der Waals surface area contributed by atoms with Gasteiger partial charge in [0, 0.05) is 6.07 Å². The third-order valence-corrected chi connectivity index (χ3v) is 3.69. The summed E-state index contributed by atoms with van der Waals surface area (Å²) in [5.41, 5.74) is -0.383. The van der Waals surface area contributed by atoms with E-state index >= 15 is 0 Å². The number of hydrogen-bond donors (Lipinski definition) is 1. The molecule has 0 atom stereocenters. The van der Waals surface area contributed by atoms with Crippen molar-refractivity contribution < 1.29 is 14.1 Å². The number of carbonyl (C=O) groups excluding carboxylic acids is 1. The fourth-order valence-electron chi connectivity index (χ4n) is 2.10. The normalized spacial score (nSPS) is 11.4. The van der Waals surface area contributed by atoms with Gasteiger partial charge in [0.2, 0.25) is 0 Å². The van der Waals surface area contributed by atoms with E-state index in [0.29, 0.717) is 16.6 Å². The number of nitrogens with one attached hydrogen (secondary N) is 1. The van der Waals surface area contributed by atoms with Gasteiger partial charge in [-0.05, 0) is 32.9 Å². The lowest BCUT2D eigenvalue weighted by molar-refractivity contribution is -0.128. The van der Waals surface area contributed by atoms with E-state index in [-0.39, 0.29) is 5.88 Å². The van der Waals surface area contributed by atoms with E-state index in [0.717, 1.165) is 5.69 Å². The van der Waals surface area contributed by atoms with Gasteiger partial charge in [0.05, 0.1) is 11.9 Å². The van der Waals surface area contributed by atoms with Gasteiger partial charge < -0.3 is 14.6 Å². The molecule has 0 aliphatic carbocycles. The topological polar surface area (TPSA) is 82.2 Å². The van der Waals surface area contributed by atoms with Crippen LogP contribution in [0.2, 0.25) is 5.02 Å². The first-order chi connectivity index (χ1) is 11.8. The molecule has 0 bridgehead atoms. The number of anilines is 1. The number of amides is 1. The summed E-state index contributed by atoms with van der Waals surface area (Å²) in [7, 11) is 0. The molecule has 0 saturated heterocycles. The van der Waals surface area contributed by atoms with Gasteiger partial charge in [-0.3, -0.25) is 4.79 Å². The van der Waals surface area contributed by atoms with E-state index < -0.39 is 11.5 Å². The highest BCUT2D eigenvalue weighted by molar-refractivity contribution is 6.31. The summed E-state index contributed by atoms with van der Waals surface area (Å²) in [5, 5.41) is 11.0. The highest BCUT2D eigenvalue weighted by Gasteiger charge is 2.32. The number of carbonyl (C=O) groups is 1. The molecule has 2 aromatic heterocycles. The molecule has 0 aliphatic rings. The van der Waals surface area contributed by atoms with Crippen molar-refractivity contribution in [2.75, 3.05) is 5.32 Å². The molecule has 0 aliphatic heterocycles. The Kier molecular flexibility index (Phi) is 4.50. The Balaban J connectivity index is 1.76. The van der Waals surface area contributed by atoms with Crippen LogP contribution in [0.3, 0.4) is 0 Å². The van der Waals surface area contributed by atoms with Crippen molar-refractivity contribution in [2.45, 2.75) is 26.4 Å². The smallest absolute Gasteiger partial charge is 0.269 e. The molecule has 3 aromatic rings. The number of halogens is 1. The molecular weight excluding hydrogens is 344 g/mol. The summed E-state index contributed by atoms with van der Waals surface area (Å²) < 4.78 is 12.3. The second kappa shape index (κ2) is 6.60. The van der Waals surface area contributed by atoms with Crippen molar-refractivity contribution in [3.8, 4) is 11.6 Å². The van der Waals surface area contributed by atoms with Gasteiger partial charge >= 0.3 is 0 Å². The van der Waals surface area contributed by atoms with Crippen molar-refractivity contribution in [1.82, 2.24) is 14.9 Å². The Labute approximate surface area is 149 Å². The number of ether oxygens (including phenoxy) is 1. The molecule has 1 aromatic carbocycles. The van der Waals surface area contributed by atoms with Crippen LogP contribution < -0.4 is 10.1 Å². The number of nitrogens with zero attached hydrogens (tertiary/aromatic N) is 3. The lowest BCUT2D eigenvalue weighted by atomic mass is 10.1. The van der Waals surface area contributed by atoms with Crippen LogP contribution in [-0.4, -0.2) is 26.4 Å². The van der Waals surface area contributed by atoms with Gasteiger partial charge in [-0.25, -0.2) is 4.68 Å². The molecule has 1 N–H and O–H groups in total. The number of aryl methyl sites for hydroxylation is 1. The van der Waals surface area contributed by atoms with Crippen molar-refractivity contribution in [1.29, 1.82) is 0 Å². The zero-order valence-electron chi connectivity index (χ0n) is 14.0. The average Bonchev–Trinajstić information content (AvgIpc) is 3.14. The molecule has 130 valence electrons. The molecule has 0 saturated carbocycles. The first-order valence-electron chi connectivity index (χ1n) is 7.59. The Bertz CT molecular complexity index is 886. The summed E-state index contributed by atoms with van der Waals surface area (Å²) in [6.45, 7) is 4.97. The van der Waals surface area contributed by atoms with Gasteiger partial charge in [-0.1, -0.05) is 35.0 Å². The molecule has 2 heterocycles. The number of para-hydroxylation sites is 1. The lowest BCUT2D eigenvalue weighted by Gasteiger charge is -2.23. The van der Waals surface area contributed by atoms with Crippen molar-refractivity contribution >= 4 is 23.3 Å². The predicted molar refractivity (Wildman–Crippen MR) is 93.2 cm³/mol. The molecule has 0 radical (unpaired) electrons. The molecule has 0 spiro atoms. The Morgan fingerprint density at radius 1 is 1.32 bits per heavy atom. The second-order valence-corrected chi connectivity index (χ2v) is 6.36. The lowest BCUT2D eigenvalue weighted by Crippen LogP contribution is -2.42. The molecule has 8 heteroatoms. The van der Waals surface area contributed by atoms with Crippen molar-refractivity contribution in [3.05, 3.63) is 53.4 Å². The van der Waals surface area contributed by atoms with Gasteiger partial charge in [-0.15, -0.1) is 5.10 Å². The van der Waals surface area contributed by atoms with E-state index in [4.69, 9.17) is 20.9 Å². The largest absolute Gasteiger partial charge is 0.459 e. The Hall–Kier alpha value is -2.80. The standard InChI is InChI=1S/C17H17ClN4O3/c1-11-9-14(21-25-11)19-16(23)17(2,3)24-15-13(18)10-22(20-15)12-7-5-4-6-8-12/h4-10H,1-3H3,(H,19,21,23). The molecule has 1 amide bonds. The first kappa shape index (κ1) is 17.0. The monoisotopic (exact) mass is 360 g/mol. The summed E-state index contributed by atoms with van der Waals surface area (Å²) in [4.78, 5) is 12.4. The Morgan fingerprint density at radius 3 is 2.68 bits per heavy atom. The van der Waals surface area contributed by atoms with E-state index in [1.165, 1.54) is 0 Å². The zero-order chi connectivity index (χ0) is 18.0. The van der Waals surface area contributed by atoms with E-state index in [9.17, 15) is 4.79 Å². The maximum absolute atomic E-state index is 12.4. The minimum absolute atomic E-state index is 0.169. The van der Waals surface area contributed by atoms with Gasteiger partial charge in [-0.2, -0.15) is 0 Å². The number of rotatable bonds is 5. The maximum Gasteiger partial charge on any atom is 0.269 e. The van der Waals surface area contributed by atoms with Crippen LogP contribution in [0.4, 0.5) is 5.82 Å². The van der Waals surface area contributed by atoms with Crippen molar-refractivity contribution in [3.63, 3.8) is 0 Å². The van der Waals surface area contributed by atoms with Gasteiger partial charge in [0.1, 0.15) is 10.8 Å². The van der Waals surface area contributed by atoms with E-state index in [1.54, 1.807) is 37.7 Å². The van der Waals surface area contributed by atoms with Crippen LogP contribution in [0.15, 0.2) is 47.1 Å². The maximum atomic E-state index is 12.4. The predicted octanol–water partition coefficient (Wildman–Crippen LogP) is 3.62. The van der Waals surface area contributed by atoms with Crippen LogP contribution in [0.1, 0.15) is 19.6 Å². The van der Waals surface area contributed by atoms with Gasteiger partial charge in [0.25, 0.3) is 11.8 Å². The van der Waals surface area contributed by atoms with Crippen LogP contribution >= 0.6 is 11.6 Å². The fraction of sp³-hybridized carbons (Fsp3) is 0.235. The van der Waals surface area contributed by atoms with Crippen LogP contribution in [0.5, 0.6) is 5.88 Å². The van der Waals surface area contributed by atoms with Crippen LogP contribution in [0, 0.1) is 6.92 Å². The third-order valence-electron chi connectivity index (χ3n) is 3.43. The third kappa shape index (κ3) is 3.83. The minimum atomic E-state index is -1.22. The van der Waals surface area contributed by atoms with Crippen LogP contribution in [0.25, 0.3) is 5.69 Å².